The Balaban J connectivity index is 1.79. The molecule has 0 bridgehead atoms. The molecule has 0 radical (unpaired) electrons. The van der Waals surface area contributed by atoms with Crippen molar-refractivity contribution in [2.24, 2.45) is 0 Å². The van der Waals surface area contributed by atoms with Crippen molar-refractivity contribution in [3.8, 4) is 11.5 Å². The fourth-order valence-corrected chi connectivity index (χ4v) is 3.34. The van der Waals surface area contributed by atoms with Crippen LogP contribution >= 0.6 is 0 Å². The maximum absolute atomic E-state index is 12.2. The Kier molecular flexibility index (Phi) is 4.31. The fraction of sp³-hybridized carbons (Fsp3) is 0.444. The maximum atomic E-state index is 12.2. The number of piperazine rings is 1. The molecule has 4 rings (SSSR count). The van der Waals surface area contributed by atoms with Crippen molar-refractivity contribution >= 4 is 11.7 Å². The number of nitrogens with one attached hydrogen (secondary N) is 1. The summed E-state index contributed by atoms with van der Waals surface area (Å²) < 4.78 is 0. The molecule has 1 fully saturated rings. The number of likely N-dealkylation sites (N-methyl/N-ethyl adjacent to an activating group) is 1. The molecule has 0 saturated carbocycles. The number of hydrogen-bond acceptors (Lipinski definition) is 6. The first-order chi connectivity index (χ1) is 12.2. The third-order valence-corrected chi connectivity index (χ3v) is 4.81. The highest BCUT2D eigenvalue weighted by Crippen LogP contribution is 2.27. The van der Waals surface area contributed by atoms with Crippen molar-refractivity contribution < 1.29 is 4.79 Å². The molecule has 0 spiro atoms. The van der Waals surface area contributed by atoms with Gasteiger partial charge in [0.2, 0.25) is 5.91 Å². The maximum Gasteiger partial charge on any atom is 0.241 e. The monoisotopic (exact) mass is 338 g/mol. The van der Waals surface area contributed by atoms with E-state index in [1.165, 1.54) is 5.56 Å². The molecule has 7 heteroatoms. The number of fused-ring (bicyclic) bond motifs is 1. The van der Waals surface area contributed by atoms with Gasteiger partial charge in [-0.25, -0.2) is 9.97 Å². The second-order valence-corrected chi connectivity index (χ2v) is 6.50. The van der Waals surface area contributed by atoms with Gasteiger partial charge in [0.25, 0.3) is 0 Å². The number of carbonyl (C=O) groups is 1. The van der Waals surface area contributed by atoms with E-state index in [9.17, 15) is 4.79 Å². The Bertz CT molecular complexity index is 779. The van der Waals surface area contributed by atoms with Crippen molar-refractivity contribution in [3.63, 3.8) is 0 Å². The quantitative estimate of drug-likeness (QED) is 0.860. The molecule has 0 aliphatic carbocycles. The fourth-order valence-electron chi connectivity index (χ4n) is 3.34. The summed E-state index contributed by atoms with van der Waals surface area (Å²) in [7, 11) is 1.85. The Hall–Kier alpha value is -2.54. The van der Waals surface area contributed by atoms with E-state index in [0.29, 0.717) is 12.4 Å². The standard InChI is InChI=1S/C18H22N6O/c1-23-10-11-24(12-16(23)25)18-13-5-8-19-9-6-14(13)21-17(22-18)15-4-2-3-7-20-15/h2-4,7,19H,5-6,8-12H2,1H3. The van der Waals surface area contributed by atoms with Crippen molar-refractivity contribution in [1.29, 1.82) is 0 Å². The molecule has 0 aromatic carbocycles. The van der Waals surface area contributed by atoms with E-state index in [-0.39, 0.29) is 5.91 Å². The van der Waals surface area contributed by atoms with Gasteiger partial charge in [0, 0.05) is 44.9 Å². The molecule has 1 amide bonds. The normalized spacial score (nSPS) is 18.0. The van der Waals surface area contributed by atoms with Gasteiger partial charge in [-0.05, 0) is 25.1 Å². The highest BCUT2D eigenvalue weighted by atomic mass is 16.2. The van der Waals surface area contributed by atoms with Gasteiger partial charge in [-0.3, -0.25) is 9.78 Å². The van der Waals surface area contributed by atoms with E-state index in [4.69, 9.17) is 9.97 Å². The molecular formula is C18H22N6O. The summed E-state index contributed by atoms with van der Waals surface area (Å²) in [6.07, 6.45) is 3.51. The number of pyridine rings is 1. The minimum absolute atomic E-state index is 0.129. The predicted molar refractivity (Wildman–Crippen MR) is 95.4 cm³/mol. The first-order valence-electron chi connectivity index (χ1n) is 8.73. The van der Waals surface area contributed by atoms with Crippen LogP contribution in [0.15, 0.2) is 24.4 Å². The van der Waals surface area contributed by atoms with Crippen LogP contribution in [0.5, 0.6) is 0 Å². The molecule has 2 aliphatic rings. The summed E-state index contributed by atoms with van der Waals surface area (Å²) in [4.78, 5) is 30.1. The van der Waals surface area contributed by atoms with Crippen molar-refractivity contribution in [1.82, 2.24) is 25.2 Å². The Morgan fingerprint density at radius 2 is 2.00 bits per heavy atom. The third kappa shape index (κ3) is 3.19. The van der Waals surface area contributed by atoms with Crippen molar-refractivity contribution in [2.75, 3.05) is 44.7 Å². The highest BCUT2D eigenvalue weighted by molar-refractivity contribution is 5.82. The van der Waals surface area contributed by atoms with Gasteiger partial charge in [-0.2, -0.15) is 0 Å². The smallest absolute Gasteiger partial charge is 0.241 e. The molecule has 2 aliphatic heterocycles. The number of nitrogens with zero attached hydrogens (tertiary/aromatic N) is 5. The van der Waals surface area contributed by atoms with Crippen molar-refractivity contribution in [3.05, 3.63) is 35.7 Å². The summed E-state index contributed by atoms with van der Waals surface area (Å²) in [6.45, 7) is 3.70. The number of rotatable bonds is 2. The predicted octanol–water partition coefficient (Wildman–Crippen LogP) is 0.505. The first kappa shape index (κ1) is 16.0. The van der Waals surface area contributed by atoms with Gasteiger partial charge in [-0.15, -0.1) is 0 Å². The van der Waals surface area contributed by atoms with Gasteiger partial charge in [-0.1, -0.05) is 6.07 Å². The molecule has 4 heterocycles. The molecule has 130 valence electrons. The van der Waals surface area contributed by atoms with Gasteiger partial charge < -0.3 is 15.1 Å². The van der Waals surface area contributed by atoms with Gasteiger partial charge in [0.1, 0.15) is 11.5 Å². The summed E-state index contributed by atoms with van der Waals surface area (Å²) in [5, 5.41) is 3.42. The van der Waals surface area contributed by atoms with Gasteiger partial charge in [0.05, 0.1) is 12.2 Å². The molecule has 7 nitrogen and oxygen atoms in total. The topological polar surface area (TPSA) is 74.2 Å². The highest BCUT2D eigenvalue weighted by Gasteiger charge is 2.27. The van der Waals surface area contributed by atoms with Crippen molar-refractivity contribution in [2.45, 2.75) is 12.8 Å². The van der Waals surface area contributed by atoms with E-state index >= 15 is 0 Å². The van der Waals surface area contributed by atoms with Gasteiger partial charge in [0.15, 0.2) is 5.82 Å². The van der Waals surface area contributed by atoms with Crippen LogP contribution in [0.2, 0.25) is 0 Å². The number of carbonyl (C=O) groups excluding carboxylic acids is 1. The minimum atomic E-state index is 0.129. The van der Waals surface area contributed by atoms with Crippen LogP contribution in [0.4, 0.5) is 5.82 Å². The Morgan fingerprint density at radius 1 is 1.12 bits per heavy atom. The second kappa shape index (κ2) is 6.76. The molecular weight excluding hydrogens is 316 g/mol. The van der Waals surface area contributed by atoms with Crippen LogP contribution in [0.25, 0.3) is 11.5 Å². The van der Waals surface area contributed by atoms with Crippen LogP contribution in [-0.2, 0) is 17.6 Å². The van der Waals surface area contributed by atoms with Crippen LogP contribution in [0.1, 0.15) is 11.3 Å². The lowest BCUT2D eigenvalue weighted by Crippen LogP contribution is -2.49. The molecule has 2 aromatic heterocycles. The third-order valence-electron chi connectivity index (χ3n) is 4.81. The largest absolute Gasteiger partial charge is 0.345 e. The van der Waals surface area contributed by atoms with Crippen LogP contribution in [0.3, 0.4) is 0 Å². The molecule has 0 unspecified atom stereocenters. The number of amides is 1. The van der Waals surface area contributed by atoms with Crippen LogP contribution in [-0.4, -0.2) is 65.5 Å². The SMILES string of the molecule is CN1CCN(c2nc(-c3ccccn3)nc3c2CCNCC3)CC1=O. The first-order valence-corrected chi connectivity index (χ1v) is 8.73. The molecule has 1 N–H and O–H groups in total. The van der Waals surface area contributed by atoms with E-state index in [0.717, 1.165) is 56.2 Å². The van der Waals surface area contributed by atoms with E-state index in [2.05, 4.69) is 15.2 Å². The number of aromatic nitrogens is 3. The summed E-state index contributed by atoms with van der Waals surface area (Å²) >= 11 is 0. The number of anilines is 1. The van der Waals surface area contributed by atoms with E-state index in [1.807, 2.05) is 25.2 Å². The Labute approximate surface area is 147 Å². The second-order valence-electron chi connectivity index (χ2n) is 6.50. The molecule has 1 saturated heterocycles. The van der Waals surface area contributed by atoms with Crippen LogP contribution < -0.4 is 10.2 Å². The zero-order valence-corrected chi connectivity index (χ0v) is 14.4. The lowest BCUT2D eigenvalue weighted by Gasteiger charge is -2.34. The average molecular weight is 338 g/mol. The summed E-state index contributed by atoms with van der Waals surface area (Å²) in [5.74, 6) is 1.67. The Morgan fingerprint density at radius 3 is 2.80 bits per heavy atom. The lowest BCUT2D eigenvalue weighted by molar-refractivity contribution is -0.129. The molecule has 25 heavy (non-hydrogen) atoms. The zero-order chi connectivity index (χ0) is 17.2. The lowest BCUT2D eigenvalue weighted by atomic mass is 10.1. The summed E-state index contributed by atoms with van der Waals surface area (Å²) in [6, 6.07) is 5.75. The molecule has 0 atom stereocenters. The average Bonchev–Trinajstić information content (AvgIpc) is 2.89. The summed E-state index contributed by atoms with van der Waals surface area (Å²) in [5.41, 5.74) is 3.01. The van der Waals surface area contributed by atoms with E-state index < -0.39 is 0 Å². The molecule has 2 aromatic rings. The zero-order valence-electron chi connectivity index (χ0n) is 14.4. The number of hydrogen-bond donors (Lipinski definition) is 1. The van der Waals surface area contributed by atoms with Gasteiger partial charge >= 0.3 is 0 Å². The minimum Gasteiger partial charge on any atom is -0.345 e. The van der Waals surface area contributed by atoms with Crippen LogP contribution in [0, 0.1) is 0 Å². The van der Waals surface area contributed by atoms with E-state index in [1.54, 1.807) is 11.1 Å².